The summed E-state index contributed by atoms with van der Waals surface area (Å²) in [5.74, 6) is -2.09. The Balaban J connectivity index is 1.28. The first-order valence-corrected chi connectivity index (χ1v) is 14.0. The topological polar surface area (TPSA) is 100 Å². The summed E-state index contributed by atoms with van der Waals surface area (Å²) >= 11 is 6.26. The molecule has 2 amide bonds. The molecule has 0 bridgehead atoms. The van der Waals surface area contributed by atoms with Gasteiger partial charge in [0.2, 0.25) is 11.8 Å². The monoisotopic (exact) mass is 601 g/mol. The number of likely N-dealkylation sites (tertiary alicyclic amines) is 1. The van der Waals surface area contributed by atoms with Gasteiger partial charge in [-0.1, -0.05) is 60.1 Å². The van der Waals surface area contributed by atoms with Crippen molar-refractivity contribution >= 4 is 45.8 Å². The lowest BCUT2D eigenvalue weighted by atomic mass is 10.0. The number of carbonyl (C=O) groups is 3. The number of benzene rings is 3. The molecule has 0 radical (unpaired) electrons. The number of Topliss-reactive ketones (excluding diaryl/α,β-unsaturated/α-hetero) is 1. The number of alkyl halides is 1. The average Bonchev–Trinajstić information content (AvgIpc) is 3.74. The molecule has 5 aromatic rings. The first-order chi connectivity index (χ1) is 20.7. The molecule has 2 unspecified atom stereocenters. The van der Waals surface area contributed by atoms with Gasteiger partial charge in [-0.05, 0) is 19.1 Å². The van der Waals surface area contributed by atoms with Crippen LogP contribution in [-0.4, -0.2) is 56.0 Å². The van der Waals surface area contributed by atoms with Gasteiger partial charge in [0.05, 0.1) is 23.9 Å². The van der Waals surface area contributed by atoms with E-state index in [1.54, 1.807) is 65.6 Å². The number of halogens is 3. The number of nitrogens with zero attached hydrogens (tertiary/aromatic N) is 3. The molecule has 3 aromatic carbocycles. The molecule has 1 fully saturated rings. The fraction of sp³-hybridized carbons (Fsp3) is 0.188. The fourth-order valence-corrected chi connectivity index (χ4v) is 5.91. The van der Waals surface area contributed by atoms with Gasteiger partial charge < -0.3 is 14.8 Å². The lowest BCUT2D eigenvalue weighted by Gasteiger charge is -2.24. The van der Waals surface area contributed by atoms with Gasteiger partial charge in [0, 0.05) is 57.0 Å². The van der Waals surface area contributed by atoms with Crippen molar-refractivity contribution < 1.29 is 23.2 Å². The number of H-pyrrole nitrogens is 1. The van der Waals surface area contributed by atoms with Gasteiger partial charge >= 0.3 is 0 Å². The molecule has 43 heavy (non-hydrogen) atoms. The van der Waals surface area contributed by atoms with E-state index in [1.807, 2.05) is 12.1 Å². The summed E-state index contributed by atoms with van der Waals surface area (Å²) in [5.41, 5.74) is 3.12. The lowest BCUT2D eigenvalue weighted by Crippen LogP contribution is -2.44. The normalized spacial score (nSPS) is 16.5. The third-order valence-corrected chi connectivity index (χ3v) is 8.02. The quantitative estimate of drug-likeness (QED) is 0.215. The van der Waals surface area contributed by atoms with Crippen molar-refractivity contribution in [1.29, 1.82) is 0 Å². The van der Waals surface area contributed by atoms with E-state index >= 15 is 4.39 Å². The molecule has 218 valence electrons. The molecular formula is C32H26ClF2N5O3. The summed E-state index contributed by atoms with van der Waals surface area (Å²) < 4.78 is 31.9. The molecule has 2 aromatic heterocycles. The summed E-state index contributed by atoms with van der Waals surface area (Å²) in [4.78, 5) is 40.7. The van der Waals surface area contributed by atoms with Crippen molar-refractivity contribution in [3.05, 3.63) is 95.7 Å². The molecule has 2 atom stereocenters. The molecule has 6 rings (SSSR count). The van der Waals surface area contributed by atoms with E-state index in [4.69, 9.17) is 11.6 Å². The Labute approximate surface area is 250 Å². The van der Waals surface area contributed by atoms with Crippen LogP contribution in [0.25, 0.3) is 33.2 Å². The minimum Gasteiger partial charge on any atom is -0.337 e. The molecule has 2 N–H and O–H groups in total. The maximum atomic E-state index is 15.5. The van der Waals surface area contributed by atoms with Crippen molar-refractivity contribution in [3.63, 3.8) is 0 Å². The van der Waals surface area contributed by atoms with E-state index in [2.05, 4.69) is 15.5 Å². The van der Waals surface area contributed by atoms with Crippen LogP contribution in [0.3, 0.4) is 0 Å². The summed E-state index contributed by atoms with van der Waals surface area (Å²) in [6, 6.07) is 15.6. The van der Waals surface area contributed by atoms with Crippen molar-refractivity contribution in [3.8, 4) is 22.3 Å². The second-order valence-electron chi connectivity index (χ2n) is 10.4. The Kier molecular flexibility index (Phi) is 7.53. The molecule has 11 heteroatoms. The van der Waals surface area contributed by atoms with Crippen LogP contribution in [0.1, 0.15) is 23.7 Å². The molecule has 1 aliphatic heterocycles. The Morgan fingerprint density at radius 1 is 1.05 bits per heavy atom. The van der Waals surface area contributed by atoms with E-state index in [1.165, 1.54) is 17.9 Å². The number of para-hydroxylation sites is 1. The molecule has 0 spiro atoms. The van der Waals surface area contributed by atoms with E-state index in [9.17, 15) is 18.8 Å². The van der Waals surface area contributed by atoms with Gasteiger partial charge in [-0.15, -0.1) is 0 Å². The molecule has 1 aliphatic rings. The van der Waals surface area contributed by atoms with Crippen LogP contribution < -0.4 is 5.32 Å². The summed E-state index contributed by atoms with van der Waals surface area (Å²) in [6.07, 6.45) is 3.28. The van der Waals surface area contributed by atoms with Crippen molar-refractivity contribution in [2.24, 2.45) is 0 Å². The van der Waals surface area contributed by atoms with Crippen LogP contribution in [0, 0.1) is 5.82 Å². The van der Waals surface area contributed by atoms with Gasteiger partial charge in [0.25, 0.3) is 0 Å². The highest BCUT2D eigenvalue weighted by atomic mass is 35.5. The number of rotatable bonds is 7. The highest BCUT2D eigenvalue weighted by molar-refractivity contribution is 6.33. The highest BCUT2D eigenvalue weighted by Gasteiger charge is 2.40. The molecular weight excluding hydrogens is 576 g/mol. The Morgan fingerprint density at radius 2 is 1.79 bits per heavy atom. The first-order valence-electron chi connectivity index (χ1n) is 13.6. The number of anilines is 1. The van der Waals surface area contributed by atoms with Crippen LogP contribution in [0.15, 0.2) is 79.3 Å². The number of nitrogens with one attached hydrogen (secondary N) is 2. The van der Waals surface area contributed by atoms with Gasteiger partial charge in [-0.25, -0.2) is 8.78 Å². The molecule has 1 saturated heterocycles. The molecule has 8 nitrogen and oxygen atoms in total. The second kappa shape index (κ2) is 11.4. The van der Waals surface area contributed by atoms with E-state index in [0.717, 1.165) is 11.1 Å². The van der Waals surface area contributed by atoms with Crippen LogP contribution >= 0.6 is 11.6 Å². The summed E-state index contributed by atoms with van der Waals surface area (Å²) in [5, 5.41) is 10.3. The standard InChI is InChI=1S/C32H26ClF2N5O3/c1-18(41)25-16-39(31-21(7-4-9-24(25)31)19-13-36-37-14-19)17-29(42)40-15-20(34)12-28(40)32(43)38-27-11-5-8-23(30(27)35)22-6-2-3-10-26(22)33/h2-11,13-14,16,20,28H,12,15,17H2,1H3,(H,36,37)(H,38,43). The van der Waals surface area contributed by atoms with Crippen LogP contribution in [0.5, 0.6) is 0 Å². The predicted octanol–water partition coefficient (Wildman–Crippen LogP) is 6.27. The molecule has 0 aliphatic carbocycles. The van der Waals surface area contributed by atoms with Crippen molar-refractivity contribution in [1.82, 2.24) is 19.7 Å². The number of carbonyl (C=O) groups excluding carboxylic acids is 3. The Bertz CT molecular complexity index is 1870. The van der Waals surface area contributed by atoms with Crippen molar-refractivity contribution in [2.75, 3.05) is 11.9 Å². The van der Waals surface area contributed by atoms with E-state index in [-0.39, 0.29) is 36.5 Å². The molecule has 3 heterocycles. The number of amides is 2. The zero-order chi connectivity index (χ0) is 30.2. The number of fused-ring (bicyclic) bond motifs is 1. The largest absolute Gasteiger partial charge is 0.337 e. The number of ketones is 1. The second-order valence-corrected chi connectivity index (χ2v) is 10.9. The number of hydrogen-bond acceptors (Lipinski definition) is 4. The smallest absolute Gasteiger partial charge is 0.247 e. The minimum absolute atomic E-state index is 0.107. The maximum Gasteiger partial charge on any atom is 0.247 e. The van der Waals surface area contributed by atoms with Crippen LogP contribution in [0.2, 0.25) is 5.02 Å². The van der Waals surface area contributed by atoms with Gasteiger partial charge in [-0.3, -0.25) is 19.5 Å². The SMILES string of the molecule is CC(=O)c1cn(CC(=O)N2CC(F)CC2C(=O)Nc2cccc(-c3ccccc3Cl)c2F)c2c(-c3cn[nH]c3)cccc12. The number of hydrogen-bond donors (Lipinski definition) is 2. The van der Waals surface area contributed by atoms with Crippen molar-refractivity contribution in [2.45, 2.75) is 32.1 Å². The van der Waals surface area contributed by atoms with Gasteiger partial charge in [0.1, 0.15) is 18.8 Å². The number of aromatic nitrogens is 3. The zero-order valence-electron chi connectivity index (χ0n) is 23.0. The summed E-state index contributed by atoms with van der Waals surface area (Å²) in [6.45, 7) is 0.914. The summed E-state index contributed by atoms with van der Waals surface area (Å²) in [7, 11) is 0. The van der Waals surface area contributed by atoms with E-state index in [0.29, 0.717) is 27.1 Å². The number of aromatic amines is 1. The zero-order valence-corrected chi connectivity index (χ0v) is 23.7. The lowest BCUT2D eigenvalue weighted by molar-refractivity contribution is -0.137. The maximum absolute atomic E-state index is 15.5. The van der Waals surface area contributed by atoms with Crippen LogP contribution in [-0.2, 0) is 16.1 Å². The average molecular weight is 602 g/mol. The first kappa shape index (κ1) is 28.3. The fourth-order valence-electron chi connectivity index (χ4n) is 5.67. The Hall–Kier alpha value is -4.83. The third-order valence-electron chi connectivity index (χ3n) is 7.69. The minimum atomic E-state index is -1.44. The third kappa shape index (κ3) is 5.30. The van der Waals surface area contributed by atoms with Gasteiger partial charge in [0.15, 0.2) is 11.6 Å². The van der Waals surface area contributed by atoms with Crippen LogP contribution in [0.4, 0.5) is 14.5 Å². The van der Waals surface area contributed by atoms with E-state index < -0.39 is 29.8 Å². The highest BCUT2D eigenvalue weighted by Crippen LogP contribution is 2.34. The predicted molar refractivity (Wildman–Crippen MR) is 160 cm³/mol. The Morgan fingerprint density at radius 3 is 2.53 bits per heavy atom. The molecule has 0 saturated carbocycles. The van der Waals surface area contributed by atoms with Gasteiger partial charge in [-0.2, -0.15) is 5.10 Å².